The Morgan fingerprint density at radius 1 is 1.08 bits per heavy atom. The molecule has 0 saturated carbocycles. The molecular weight excluding hydrogens is 479 g/mol. The second-order valence-electron chi connectivity index (χ2n) is 9.16. The summed E-state index contributed by atoms with van der Waals surface area (Å²) < 4.78 is 14.2. The summed E-state index contributed by atoms with van der Waals surface area (Å²) in [6.07, 6.45) is 5.79. The lowest BCUT2D eigenvalue weighted by Gasteiger charge is -2.24. The number of benzene rings is 2. The first-order valence-electron chi connectivity index (χ1n) is 11.9. The molecule has 8 heteroatoms. The van der Waals surface area contributed by atoms with Crippen LogP contribution in [0.2, 0.25) is 5.02 Å². The SMILES string of the molecule is O=C(N[C@@H](CCN1CC2=CN(C(=O)c3c(F)cccc3Cl)CC2C1)c1ccccc1)c1cccnc1. The van der Waals surface area contributed by atoms with E-state index in [1.807, 2.05) is 36.5 Å². The van der Waals surface area contributed by atoms with Gasteiger partial charge in [0.1, 0.15) is 5.82 Å². The standard InChI is InChI=1S/C28H26ClFN4O2/c29-23-9-4-10-24(30)26(23)28(36)34-17-21-15-33(16-22(21)18-34)13-11-25(19-6-2-1-3-7-19)32-27(35)20-8-5-12-31-14-20/h1-10,12,14,17,22,25H,11,13,15-16,18H2,(H,32,35)/t22?,25-/m0/s1. The Morgan fingerprint density at radius 3 is 2.64 bits per heavy atom. The second kappa shape index (κ2) is 10.6. The number of nitrogens with one attached hydrogen (secondary N) is 1. The molecule has 184 valence electrons. The van der Waals surface area contributed by atoms with Crippen molar-refractivity contribution in [2.45, 2.75) is 12.5 Å². The Bertz CT molecular complexity index is 1260. The van der Waals surface area contributed by atoms with Crippen molar-refractivity contribution >= 4 is 23.4 Å². The third kappa shape index (κ3) is 5.17. The van der Waals surface area contributed by atoms with Gasteiger partial charge in [-0.3, -0.25) is 19.5 Å². The molecule has 3 aromatic rings. The third-order valence-electron chi connectivity index (χ3n) is 6.75. The predicted octanol–water partition coefficient (Wildman–Crippen LogP) is 4.71. The number of halogens is 2. The van der Waals surface area contributed by atoms with Crippen LogP contribution in [-0.4, -0.2) is 52.8 Å². The first-order chi connectivity index (χ1) is 17.5. The molecule has 1 unspecified atom stereocenters. The first-order valence-corrected chi connectivity index (χ1v) is 12.3. The molecule has 36 heavy (non-hydrogen) atoms. The number of carbonyl (C=O) groups is 2. The average molecular weight is 505 g/mol. The molecular formula is C28H26ClFN4O2. The summed E-state index contributed by atoms with van der Waals surface area (Å²) in [5.41, 5.74) is 2.65. The van der Waals surface area contributed by atoms with Crippen LogP contribution < -0.4 is 5.32 Å². The quantitative estimate of drug-likeness (QED) is 0.506. The first kappa shape index (κ1) is 24.2. The zero-order valence-corrected chi connectivity index (χ0v) is 20.4. The van der Waals surface area contributed by atoms with Gasteiger partial charge >= 0.3 is 0 Å². The molecule has 1 N–H and O–H groups in total. The molecule has 2 amide bonds. The molecule has 1 aromatic heterocycles. The van der Waals surface area contributed by atoms with Crippen molar-refractivity contribution in [1.82, 2.24) is 20.1 Å². The van der Waals surface area contributed by atoms with Gasteiger partial charge in [-0.1, -0.05) is 48.0 Å². The number of likely N-dealkylation sites (tertiary alicyclic amines) is 1. The van der Waals surface area contributed by atoms with E-state index in [0.717, 1.165) is 37.2 Å². The summed E-state index contributed by atoms with van der Waals surface area (Å²) >= 11 is 6.09. The van der Waals surface area contributed by atoms with Crippen molar-refractivity contribution in [1.29, 1.82) is 0 Å². The number of rotatable bonds is 7. The van der Waals surface area contributed by atoms with E-state index in [-0.39, 0.29) is 28.5 Å². The smallest absolute Gasteiger partial charge is 0.262 e. The fourth-order valence-corrected chi connectivity index (χ4v) is 5.15. The van der Waals surface area contributed by atoms with Crippen LogP contribution in [0.15, 0.2) is 84.8 Å². The maximum atomic E-state index is 14.2. The second-order valence-corrected chi connectivity index (χ2v) is 9.56. The molecule has 2 aromatic carbocycles. The van der Waals surface area contributed by atoms with Crippen molar-refractivity contribution in [2.24, 2.45) is 5.92 Å². The molecule has 0 radical (unpaired) electrons. The third-order valence-corrected chi connectivity index (χ3v) is 7.07. The summed E-state index contributed by atoms with van der Waals surface area (Å²) in [7, 11) is 0. The van der Waals surface area contributed by atoms with Gasteiger partial charge in [0.15, 0.2) is 0 Å². The van der Waals surface area contributed by atoms with E-state index in [1.165, 1.54) is 18.2 Å². The number of hydrogen-bond donors (Lipinski definition) is 1. The Morgan fingerprint density at radius 2 is 1.92 bits per heavy atom. The van der Waals surface area contributed by atoms with Crippen LogP contribution in [0.4, 0.5) is 4.39 Å². The van der Waals surface area contributed by atoms with Gasteiger partial charge in [0.05, 0.1) is 22.2 Å². The van der Waals surface area contributed by atoms with Crippen LogP contribution in [-0.2, 0) is 0 Å². The number of aromatic nitrogens is 1. The van der Waals surface area contributed by atoms with E-state index in [2.05, 4.69) is 15.2 Å². The summed E-state index contributed by atoms with van der Waals surface area (Å²) in [6.45, 7) is 2.83. The maximum Gasteiger partial charge on any atom is 0.262 e. The summed E-state index contributed by atoms with van der Waals surface area (Å²) in [5, 5.41) is 3.28. The van der Waals surface area contributed by atoms with Crippen LogP contribution in [0.1, 0.15) is 38.7 Å². The lowest BCUT2D eigenvalue weighted by atomic mass is 10.0. The highest BCUT2D eigenvalue weighted by atomic mass is 35.5. The topological polar surface area (TPSA) is 65.5 Å². The van der Waals surface area contributed by atoms with Crippen LogP contribution in [0.5, 0.6) is 0 Å². The lowest BCUT2D eigenvalue weighted by molar-refractivity contribution is 0.0816. The predicted molar refractivity (Wildman–Crippen MR) is 136 cm³/mol. The van der Waals surface area contributed by atoms with Crippen LogP contribution in [0.3, 0.4) is 0 Å². The molecule has 2 atom stereocenters. The maximum absolute atomic E-state index is 14.2. The average Bonchev–Trinajstić information content (AvgIpc) is 3.46. The van der Waals surface area contributed by atoms with Crippen molar-refractivity contribution in [2.75, 3.05) is 26.2 Å². The van der Waals surface area contributed by atoms with Crippen molar-refractivity contribution in [3.8, 4) is 0 Å². The van der Waals surface area contributed by atoms with Gasteiger partial charge in [0, 0.05) is 50.7 Å². The number of amides is 2. The highest BCUT2D eigenvalue weighted by Crippen LogP contribution is 2.32. The monoisotopic (exact) mass is 504 g/mol. The molecule has 0 aliphatic carbocycles. The number of carbonyl (C=O) groups excluding carboxylic acids is 2. The van der Waals surface area contributed by atoms with Crippen molar-refractivity contribution < 1.29 is 14.0 Å². The van der Waals surface area contributed by atoms with Crippen LogP contribution in [0.25, 0.3) is 0 Å². The number of fused-ring (bicyclic) bond motifs is 1. The molecule has 0 spiro atoms. The summed E-state index contributed by atoms with van der Waals surface area (Å²) in [5.74, 6) is -0.961. The van der Waals surface area contributed by atoms with Gasteiger partial charge in [-0.2, -0.15) is 0 Å². The fourth-order valence-electron chi connectivity index (χ4n) is 4.91. The zero-order chi connectivity index (χ0) is 25.1. The number of nitrogens with zero attached hydrogens (tertiary/aromatic N) is 3. The van der Waals surface area contributed by atoms with Crippen molar-refractivity contribution in [3.05, 3.63) is 112 Å². The largest absolute Gasteiger partial charge is 0.345 e. The Kier molecular flexibility index (Phi) is 7.11. The molecule has 0 bridgehead atoms. The van der Waals surface area contributed by atoms with Crippen LogP contribution >= 0.6 is 11.6 Å². The van der Waals surface area contributed by atoms with E-state index in [1.54, 1.807) is 29.4 Å². The zero-order valence-electron chi connectivity index (χ0n) is 19.6. The van der Waals surface area contributed by atoms with E-state index >= 15 is 0 Å². The number of pyridine rings is 1. The lowest BCUT2D eigenvalue weighted by Crippen LogP contribution is -2.33. The van der Waals surface area contributed by atoms with Gasteiger partial charge in [-0.05, 0) is 41.8 Å². The van der Waals surface area contributed by atoms with Gasteiger partial charge in [-0.15, -0.1) is 0 Å². The molecule has 5 rings (SSSR count). The highest BCUT2D eigenvalue weighted by molar-refractivity contribution is 6.33. The van der Waals surface area contributed by atoms with Gasteiger partial charge in [0.2, 0.25) is 0 Å². The molecule has 3 heterocycles. The number of hydrogen-bond acceptors (Lipinski definition) is 4. The van der Waals surface area contributed by atoms with Gasteiger partial charge < -0.3 is 10.2 Å². The molecule has 2 aliphatic heterocycles. The molecule has 6 nitrogen and oxygen atoms in total. The Hall–Kier alpha value is -3.55. The van der Waals surface area contributed by atoms with Gasteiger partial charge in [-0.25, -0.2) is 4.39 Å². The highest BCUT2D eigenvalue weighted by Gasteiger charge is 2.36. The minimum atomic E-state index is -0.607. The minimum absolute atomic E-state index is 0.0806. The van der Waals surface area contributed by atoms with E-state index in [9.17, 15) is 14.0 Å². The van der Waals surface area contributed by atoms with Crippen LogP contribution in [0, 0.1) is 11.7 Å². The minimum Gasteiger partial charge on any atom is -0.345 e. The molecule has 1 fully saturated rings. The fraction of sp³-hybridized carbons (Fsp3) is 0.250. The Balaban J connectivity index is 1.22. The Labute approximate surface area is 214 Å². The van der Waals surface area contributed by atoms with Gasteiger partial charge in [0.25, 0.3) is 11.8 Å². The molecule has 2 aliphatic rings. The summed E-state index contributed by atoms with van der Waals surface area (Å²) in [6, 6.07) is 17.6. The normalized spacial score (nSPS) is 18.0. The molecule has 1 saturated heterocycles. The van der Waals surface area contributed by atoms with Crippen molar-refractivity contribution in [3.63, 3.8) is 0 Å². The van der Waals surface area contributed by atoms with E-state index < -0.39 is 11.7 Å². The van der Waals surface area contributed by atoms with E-state index in [4.69, 9.17) is 11.6 Å². The van der Waals surface area contributed by atoms with E-state index in [0.29, 0.717) is 12.1 Å². The summed E-state index contributed by atoms with van der Waals surface area (Å²) in [4.78, 5) is 33.6.